The highest BCUT2D eigenvalue weighted by atomic mass is 32.1. The van der Waals surface area contributed by atoms with Crippen LogP contribution < -0.4 is 5.32 Å². The SMILES string of the molecule is CC(C)(C)c1ccc(CNCc2ccoc2)s1. The summed E-state index contributed by atoms with van der Waals surface area (Å²) in [6.45, 7) is 8.54. The summed E-state index contributed by atoms with van der Waals surface area (Å²) in [7, 11) is 0. The molecule has 2 nitrogen and oxygen atoms in total. The fraction of sp³-hybridized carbons (Fsp3) is 0.429. The molecule has 0 unspecified atom stereocenters. The summed E-state index contributed by atoms with van der Waals surface area (Å²) in [5.74, 6) is 0. The molecule has 0 fully saturated rings. The van der Waals surface area contributed by atoms with Gasteiger partial charge in [-0.25, -0.2) is 0 Å². The second kappa shape index (κ2) is 5.07. The van der Waals surface area contributed by atoms with E-state index in [1.54, 1.807) is 12.5 Å². The fourth-order valence-electron chi connectivity index (χ4n) is 1.60. The van der Waals surface area contributed by atoms with E-state index in [0.717, 1.165) is 13.1 Å². The molecule has 2 rings (SSSR count). The van der Waals surface area contributed by atoms with Gasteiger partial charge in [0.2, 0.25) is 0 Å². The van der Waals surface area contributed by atoms with Crippen molar-refractivity contribution in [2.24, 2.45) is 0 Å². The minimum atomic E-state index is 0.257. The molecule has 17 heavy (non-hydrogen) atoms. The van der Waals surface area contributed by atoms with Crippen LogP contribution in [-0.2, 0) is 18.5 Å². The lowest BCUT2D eigenvalue weighted by molar-refractivity contribution is 0.560. The first-order chi connectivity index (χ1) is 8.05. The van der Waals surface area contributed by atoms with Gasteiger partial charge in [0, 0.05) is 28.4 Å². The predicted octanol–water partition coefficient (Wildman–Crippen LogP) is 3.93. The minimum absolute atomic E-state index is 0.257. The molecular weight excluding hydrogens is 230 g/mol. The van der Waals surface area contributed by atoms with Crippen molar-refractivity contribution < 1.29 is 4.42 Å². The first-order valence-electron chi connectivity index (χ1n) is 5.87. The summed E-state index contributed by atoms with van der Waals surface area (Å²) >= 11 is 1.89. The Hall–Kier alpha value is -1.06. The highest BCUT2D eigenvalue weighted by molar-refractivity contribution is 7.12. The van der Waals surface area contributed by atoms with Crippen molar-refractivity contribution in [2.75, 3.05) is 0 Å². The largest absolute Gasteiger partial charge is 0.472 e. The van der Waals surface area contributed by atoms with Crippen LogP contribution in [-0.4, -0.2) is 0 Å². The second-order valence-electron chi connectivity index (χ2n) is 5.25. The van der Waals surface area contributed by atoms with Crippen molar-refractivity contribution in [1.82, 2.24) is 5.32 Å². The molecule has 0 aliphatic carbocycles. The highest BCUT2D eigenvalue weighted by Gasteiger charge is 2.15. The van der Waals surface area contributed by atoms with E-state index >= 15 is 0 Å². The van der Waals surface area contributed by atoms with Crippen molar-refractivity contribution in [2.45, 2.75) is 39.3 Å². The van der Waals surface area contributed by atoms with E-state index in [4.69, 9.17) is 4.42 Å². The molecule has 0 radical (unpaired) electrons. The van der Waals surface area contributed by atoms with Gasteiger partial charge in [0.25, 0.3) is 0 Å². The van der Waals surface area contributed by atoms with Crippen molar-refractivity contribution in [3.8, 4) is 0 Å². The Morgan fingerprint density at radius 1 is 1.18 bits per heavy atom. The Morgan fingerprint density at radius 2 is 2.00 bits per heavy atom. The maximum absolute atomic E-state index is 5.03. The molecule has 0 saturated carbocycles. The van der Waals surface area contributed by atoms with Gasteiger partial charge in [-0.05, 0) is 23.6 Å². The Morgan fingerprint density at radius 3 is 2.59 bits per heavy atom. The van der Waals surface area contributed by atoms with Crippen LogP contribution in [0.15, 0.2) is 35.1 Å². The lowest BCUT2D eigenvalue weighted by Crippen LogP contribution is -2.11. The maximum atomic E-state index is 5.03. The van der Waals surface area contributed by atoms with Gasteiger partial charge in [-0.15, -0.1) is 11.3 Å². The third-order valence-electron chi connectivity index (χ3n) is 2.61. The second-order valence-corrected chi connectivity index (χ2v) is 6.42. The molecule has 0 amide bonds. The normalized spacial score (nSPS) is 11.9. The molecule has 0 saturated heterocycles. The molecular formula is C14H19NOS. The van der Waals surface area contributed by atoms with Gasteiger partial charge in [-0.2, -0.15) is 0 Å². The van der Waals surface area contributed by atoms with E-state index in [2.05, 4.69) is 38.2 Å². The van der Waals surface area contributed by atoms with E-state index in [1.165, 1.54) is 15.3 Å². The number of rotatable bonds is 4. The zero-order valence-corrected chi connectivity index (χ0v) is 11.4. The van der Waals surface area contributed by atoms with Crippen LogP contribution in [0.2, 0.25) is 0 Å². The van der Waals surface area contributed by atoms with Gasteiger partial charge in [-0.1, -0.05) is 20.8 Å². The van der Waals surface area contributed by atoms with Gasteiger partial charge in [0.15, 0.2) is 0 Å². The van der Waals surface area contributed by atoms with Crippen LogP contribution in [0, 0.1) is 0 Å². The lowest BCUT2D eigenvalue weighted by atomic mass is 9.95. The van der Waals surface area contributed by atoms with Crippen LogP contribution in [0.4, 0.5) is 0 Å². The van der Waals surface area contributed by atoms with Crippen LogP contribution >= 0.6 is 11.3 Å². The number of hydrogen-bond donors (Lipinski definition) is 1. The van der Waals surface area contributed by atoms with Gasteiger partial charge < -0.3 is 9.73 Å². The average molecular weight is 249 g/mol. The molecule has 0 aliphatic rings. The molecule has 0 aliphatic heterocycles. The molecule has 3 heteroatoms. The molecule has 2 aromatic rings. The molecule has 92 valence electrons. The van der Waals surface area contributed by atoms with Gasteiger partial charge in [0.05, 0.1) is 12.5 Å². The summed E-state index contributed by atoms with van der Waals surface area (Å²) in [6.07, 6.45) is 3.49. The molecule has 0 atom stereocenters. The summed E-state index contributed by atoms with van der Waals surface area (Å²) in [5, 5.41) is 3.42. The van der Waals surface area contributed by atoms with Crippen molar-refractivity contribution in [3.05, 3.63) is 46.0 Å². The molecule has 2 aromatic heterocycles. The Kier molecular flexibility index (Phi) is 3.69. The molecule has 0 aromatic carbocycles. The van der Waals surface area contributed by atoms with E-state index in [9.17, 15) is 0 Å². The van der Waals surface area contributed by atoms with Crippen LogP contribution in [0.25, 0.3) is 0 Å². The number of hydrogen-bond acceptors (Lipinski definition) is 3. The fourth-order valence-corrected chi connectivity index (χ4v) is 2.63. The topological polar surface area (TPSA) is 25.2 Å². The summed E-state index contributed by atoms with van der Waals surface area (Å²) in [6, 6.07) is 6.44. The number of nitrogens with one attached hydrogen (secondary N) is 1. The van der Waals surface area contributed by atoms with Crippen molar-refractivity contribution >= 4 is 11.3 Å². The molecule has 0 spiro atoms. The molecule has 1 N–H and O–H groups in total. The Balaban J connectivity index is 1.85. The third kappa shape index (κ3) is 3.45. The van der Waals surface area contributed by atoms with E-state index < -0.39 is 0 Å². The standard InChI is InChI=1S/C14H19NOS/c1-14(2,3)13-5-4-12(17-13)9-15-8-11-6-7-16-10-11/h4-7,10,15H,8-9H2,1-3H3. The van der Waals surface area contributed by atoms with Crippen LogP contribution in [0.1, 0.15) is 36.1 Å². The van der Waals surface area contributed by atoms with E-state index in [-0.39, 0.29) is 5.41 Å². The average Bonchev–Trinajstić information content (AvgIpc) is 2.86. The first kappa shape index (κ1) is 12.4. The zero-order chi connectivity index (χ0) is 12.3. The number of furan rings is 1. The van der Waals surface area contributed by atoms with Gasteiger partial charge in [0.1, 0.15) is 0 Å². The summed E-state index contributed by atoms with van der Waals surface area (Å²) < 4.78 is 5.03. The zero-order valence-electron chi connectivity index (χ0n) is 10.6. The van der Waals surface area contributed by atoms with Crippen LogP contribution in [0.5, 0.6) is 0 Å². The maximum Gasteiger partial charge on any atom is 0.0947 e. The summed E-state index contributed by atoms with van der Waals surface area (Å²) in [5.41, 5.74) is 1.45. The smallest absolute Gasteiger partial charge is 0.0947 e. The van der Waals surface area contributed by atoms with Crippen molar-refractivity contribution in [3.63, 3.8) is 0 Å². The molecule has 0 bridgehead atoms. The van der Waals surface area contributed by atoms with Crippen molar-refractivity contribution in [1.29, 1.82) is 0 Å². The van der Waals surface area contributed by atoms with Gasteiger partial charge in [-0.3, -0.25) is 0 Å². The number of thiophene rings is 1. The summed E-state index contributed by atoms with van der Waals surface area (Å²) in [4.78, 5) is 2.83. The highest BCUT2D eigenvalue weighted by Crippen LogP contribution is 2.29. The van der Waals surface area contributed by atoms with E-state index in [1.807, 2.05) is 17.4 Å². The quantitative estimate of drug-likeness (QED) is 0.888. The van der Waals surface area contributed by atoms with E-state index in [0.29, 0.717) is 0 Å². The first-order valence-corrected chi connectivity index (χ1v) is 6.68. The predicted molar refractivity (Wildman–Crippen MR) is 72.3 cm³/mol. The lowest BCUT2D eigenvalue weighted by Gasteiger charge is -2.15. The molecule has 2 heterocycles. The van der Waals surface area contributed by atoms with Gasteiger partial charge >= 0.3 is 0 Å². The monoisotopic (exact) mass is 249 g/mol. The Bertz CT molecular complexity index is 451. The third-order valence-corrected chi connectivity index (χ3v) is 4.12. The Labute approximate surface area is 107 Å². The minimum Gasteiger partial charge on any atom is -0.472 e. The van der Waals surface area contributed by atoms with Crippen LogP contribution in [0.3, 0.4) is 0 Å².